The second-order valence-corrected chi connectivity index (χ2v) is 7.29. The van der Waals surface area contributed by atoms with Crippen molar-refractivity contribution in [1.82, 2.24) is 25.5 Å². The molecule has 0 atom stereocenters. The summed E-state index contributed by atoms with van der Waals surface area (Å²) in [6.07, 6.45) is 2.08. The number of piperazine rings is 1. The normalized spacial score (nSPS) is 15.1. The lowest BCUT2D eigenvalue weighted by atomic mass is 10.1. The van der Waals surface area contributed by atoms with Gasteiger partial charge in [0.15, 0.2) is 0 Å². The Bertz CT molecular complexity index is 891. The van der Waals surface area contributed by atoms with Gasteiger partial charge in [-0.05, 0) is 18.4 Å². The first-order valence-corrected chi connectivity index (χ1v) is 10.1. The molecular formula is C21H28Cl2N6O2. The van der Waals surface area contributed by atoms with Crippen molar-refractivity contribution in [2.75, 3.05) is 44.6 Å². The Morgan fingerprint density at radius 1 is 1.03 bits per heavy atom. The standard InChI is InChI=1S/C21H26N6O2.2ClH/c28-18(27-12-10-22-11-13-27)14-24-20-16-8-9-23-21(29)19(16)25-17(26-20)7-6-15-4-2-1-3-5-15;;/h1-5,22H,6-14H2,(H,23,29)(H,24,25,26);2*1H. The first-order valence-electron chi connectivity index (χ1n) is 10.1. The average Bonchev–Trinajstić information content (AvgIpc) is 2.77. The van der Waals surface area contributed by atoms with Crippen molar-refractivity contribution in [1.29, 1.82) is 0 Å². The summed E-state index contributed by atoms with van der Waals surface area (Å²) in [5.74, 6) is 1.09. The molecule has 1 aromatic heterocycles. The molecule has 1 aromatic carbocycles. The third-order valence-electron chi connectivity index (χ3n) is 5.29. The van der Waals surface area contributed by atoms with Crippen molar-refractivity contribution in [3.63, 3.8) is 0 Å². The monoisotopic (exact) mass is 466 g/mol. The Hall–Kier alpha value is -2.42. The molecule has 4 rings (SSSR count). The van der Waals surface area contributed by atoms with Gasteiger partial charge in [-0.15, -0.1) is 24.8 Å². The summed E-state index contributed by atoms with van der Waals surface area (Å²) in [7, 11) is 0. The molecule has 0 spiro atoms. The molecular weight excluding hydrogens is 439 g/mol. The fraction of sp³-hybridized carbons (Fsp3) is 0.429. The maximum atomic E-state index is 12.5. The zero-order valence-electron chi connectivity index (χ0n) is 17.2. The summed E-state index contributed by atoms with van der Waals surface area (Å²) in [5, 5.41) is 9.27. The smallest absolute Gasteiger partial charge is 0.270 e. The summed E-state index contributed by atoms with van der Waals surface area (Å²) in [4.78, 5) is 35.9. The molecule has 31 heavy (non-hydrogen) atoms. The number of aromatic nitrogens is 2. The van der Waals surface area contributed by atoms with E-state index in [1.165, 1.54) is 5.56 Å². The molecule has 0 saturated carbocycles. The van der Waals surface area contributed by atoms with Gasteiger partial charge in [0.05, 0.1) is 6.54 Å². The maximum Gasteiger partial charge on any atom is 0.270 e. The minimum Gasteiger partial charge on any atom is -0.361 e. The number of hydrogen-bond acceptors (Lipinski definition) is 6. The van der Waals surface area contributed by atoms with Gasteiger partial charge in [0, 0.05) is 44.7 Å². The molecule has 2 aliphatic heterocycles. The molecule has 8 nitrogen and oxygen atoms in total. The van der Waals surface area contributed by atoms with E-state index in [9.17, 15) is 9.59 Å². The molecule has 10 heteroatoms. The second-order valence-electron chi connectivity index (χ2n) is 7.29. The van der Waals surface area contributed by atoms with Crippen molar-refractivity contribution in [3.05, 3.63) is 53.0 Å². The summed E-state index contributed by atoms with van der Waals surface area (Å²) in [5.41, 5.74) is 2.42. The highest BCUT2D eigenvalue weighted by Crippen LogP contribution is 2.21. The number of hydrogen-bond donors (Lipinski definition) is 3. The summed E-state index contributed by atoms with van der Waals surface area (Å²) >= 11 is 0. The first-order chi connectivity index (χ1) is 14.2. The van der Waals surface area contributed by atoms with E-state index in [2.05, 4.69) is 38.1 Å². The average molecular weight is 467 g/mol. The number of carbonyl (C=O) groups excluding carboxylic acids is 2. The van der Waals surface area contributed by atoms with E-state index < -0.39 is 0 Å². The number of nitrogens with zero attached hydrogens (tertiary/aromatic N) is 3. The Morgan fingerprint density at radius 2 is 1.77 bits per heavy atom. The fourth-order valence-electron chi connectivity index (χ4n) is 3.68. The molecule has 0 aliphatic carbocycles. The van der Waals surface area contributed by atoms with Gasteiger partial charge in [0.2, 0.25) is 5.91 Å². The van der Waals surface area contributed by atoms with Crippen LogP contribution in [0, 0.1) is 0 Å². The summed E-state index contributed by atoms with van der Waals surface area (Å²) in [6, 6.07) is 10.1. The van der Waals surface area contributed by atoms with Crippen LogP contribution in [0.1, 0.15) is 27.4 Å². The van der Waals surface area contributed by atoms with Gasteiger partial charge in [-0.2, -0.15) is 0 Å². The van der Waals surface area contributed by atoms with E-state index in [1.54, 1.807) is 0 Å². The molecule has 2 aromatic rings. The number of rotatable bonds is 6. The van der Waals surface area contributed by atoms with E-state index in [1.807, 2.05) is 23.1 Å². The molecule has 3 heterocycles. The van der Waals surface area contributed by atoms with E-state index in [0.717, 1.165) is 25.1 Å². The highest BCUT2D eigenvalue weighted by Gasteiger charge is 2.24. The number of aryl methyl sites for hydroxylation is 2. The molecule has 0 bridgehead atoms. The van der Waals surface area contributed by atoms with Gasteiger partial charge in [-0.1, -0.05) is 30.3 Å². The lowest BCUT2D eigenvalue weighted by Crippen LogP contribution is -2.48. The summed E-state index contributed by atoms with van der Waals surface area (Å²) < 4.78 is 0. The quantitative estimate of drug-likeness (QED) is 0.592. The van der Waals surface area contributed by atoms with Gasteiger partial charge in [-0.3, -0.25) is 9.59 Å². The van der Waals surface area contributed by atoms with Crippen LogP contribution in [-0.4, -0.2) is 66.0 Å². The molecule has 2 aliphatic rings. The van der Waals surface area contributed by atoms with Crippen molar-refractivity contribution in [3.8, 4) is 0 Å². The van der Waals surface area contributed by atoms with Crippen LogP contribution in [0.3, 0.4) is 0 Å². The highest BCUT2D eigenvalue weighted by atomic mass is 35.5. The van der Waals surface area contributed by atoms with Crippen molar-refractivity contribution in [2.24, 2.45) is 0 Å². The van der Waals surface area contributed by atoms with Crippen LogP contribution in [0.4, 0.5) is 5.82 Å². The maximum absolute atomic E-state index is 12.5. The Morgan fingerprint density at radius 3 is 2.52 bits per heavy atom. The van der Waals surface area contributed by atoms with Gasteiger partial charge in [-0.25, -0.2) is 9.97 Å². The largest absolute Gasteiger partial charge is 0.361 e. The lowest BCUT2D eigenvalue weighted by molar-refractivity contribution is -0.129. The van der Waals surface area contributed by atoms with Crippen LogP contribution in [0.15, 0.2) is 30.3 Å². The van der Waals surface area contributed by atoms with E-state index in [4.69, 9.17) is 0 Å². The van der Waals surface area contributed by atoms with Crippen LogP contribution >= 0.6 is 24.8 Å². The number of amides is 2. The Labute approximate surface area is 194 Å². The molecule has 0 unspecified atom stereocenters. The highest BCUT2D eigenvalue weighted by molar-refractivity contribution is 5.96. The van der Waals surface area contributed by atoms with Crippen LogP contribution < -0.4 is 16.0 Å². The van der Waals surface area contributed by atoms with Crippen molar-refractivity contribution >= 4 is 42.4 Å². The SMILES string of the molecule is Cl.Cl.O=C1NCCc2c(NCC(=O)N3CCNCC3)nc(CCc3ccccc3)nc21. The lowest BCUT2D eigenvalue weighted by Gasteiger charge is -2.28. The fourth-order valence-corrected chi connectivity index (χ4v) is 3.68. The van der Waals surface area contributed by atoms with Gasteiger partial charge in [0.25, 0.3) is 5.91 Å². The third-order valence-corrected chi connectivity index (χ3v) is 5.29. The number of fused-ring (bicyclic) bond motifs is 1. The van der Waals surface area contributed by atoms with Gasteiger partial charge >= 0.3 is 0 Å². The van der Waals surface area contributed by atoms with Crippen LogP contribution in [0.5, 0.6) is 0 Å². The summed E-state index contributed by atoms with van der Waals surface area (Å²) in [6.45, 7) is 3.79. The predicted molar refractivity (Wildman–Crippen MR) is 124 cm³/mol. The third kappa shape index (κ3) is 6.29. The molecule has 1 fully saturated rings. The van der Waals surface area contributed by atoms with E-state index in [-0.39, 0.29) is 43.2 Å². The minimum atomic E-state index is -0.175. The molecule has 1 saturated heterocycles. The Kier molecular flexibility index (Phi) is 9.48. The number of benzene rings is 1. The Balaban J connectivity index is 0.00000171. The number of carbonyl (C=O) groups is 2. The van der Waals surface area contributed by atoms with Gasteiger partial charge < -0.3 is 20.9 Å². The van der Waals surface area contributed by atoms with Crippen molar-refractivity contribution < 1.29 is 9.59 Å². The van der Waals surface area contributed by atoms with E-state index in [0.29, 0.717) is 49.8 Å². The number of halogens is 2. The topological polar surface area (TPSA) is 99.2 Å². The molecule has 0 radical (unpaired) electrons. The zero-order valence-corrected chi connectivity index (χ0v) is 18.9. The number of nitrogens with one attached hydrogen (secondary N) is 3. The number of anilines is 1. The van der Waals surface area contributed by atoms with Crippen LogP contribution in [0.2, 0.25) is 0 Å². The minimum absolute atomic E-state index is 0. The zero-order chi connectivity index (χ0) is 20.1. The second kappa shape index (κ2) is 11.8. The first kappa shape index (κ1) is 24.8. The molecule has 2 amide bonds. The predicted octanol–water partition coefficient (Wildman–Crippen LogP) is 1.23. The van der Waals surface area contributed by atoms with Crippen molar-refractivity contribution in [2.45, 2.75) is 19.3 Å². The molecule has 168 valence electrons. The van der Waals surface area contributed by atoms with Crippen LogP contribution in [0.25, 0.3) is 0 Å². The molecule has 3 N–H and O–H groups in total. The van der Waals surface area contributed by atoms with Crippen LogP contribution in [-0.2, 0) is 24.1 Å². The van der Waals surface area contributed by atoms with Gasteiger partial charge in [0.1, 0.15) is 17.3 Å². The van der Waals surface area contributed by atoms with E-state index >= 15 is 0 Å².